The van der Waals surface area contributed by atoms with Gasteiger partial charge in [0.15, 0.2) is 5.78 Å². The van der Waals surface area contributed by atoms with Crippen LogP contribution in [0.3, 0.4) is 0 Å². The quantitative estimate of drug-likeness (QED) is 0.822. The summed E-state index contributed by atoms with van der Waals surface area (Å²) in [5.41, 5.74) is 0.138. The first kappa shape index (κ1) is 17.4. The summed E-state index contributed by atoms with van der Waals surface area (Å²) in [6.07, 6.45) is 0.532. The second kappa shape index (κ2) is 6.85. The number of nitrogens with one attached hydrogen (secondary N) is 1. The summed E-state index contributed by atoms with van der Waals surface area (Å²) in [6, 6.07) is 14.0. The second-order valence-electron chi connectivity index (χ2n) is 6.52. The van der Waals surface area contributed by atoms with E-state index in [9.17, 15) is 9.90 Å². The van der Waals surface area contributed by atoms with Gasteiger partial charge in [-0.15, -0.1) is 0 Å². The van der Waals surface area contributed by atoms with Gasteiger partial charge in [0.2, 0.25) is 0 Å². The maximum Gasteiger partial charge on any atom is 0.174 e. The van der Waals surface area contributed by atoms with Gasteiger partial charge >= 0.3 is 0 Å². The third kappa shape index (κ3) is 3.35. The zero-order chi connectivity index (χ0) is 17.3. The van der Waals surface area contributed by atoms with Crippen molar-refractivity contribution in [3.63, 3.8) is 0 Å². The van der Waals surface area contributed by atoms with Gasteiger partial charge in [0.05, 0.1) is 20.1 Å². The highest BCUT2D eigenvalue weighted by atomic mass is 35.5. The molecule has 1 heterocycles. The molecule has 0 radical (unpaired) electrons. The van der Waals surface area contributed by atoms with E-state index in [1.165, 1.54) is 4.90 Å². The standard InChI is InChI=1S/C19H19Cl2NO2/c1-22-11-10-19(24,14-4-8-16(21)9-5-14)17(12-22)18(23)13-2-6-15(20)7-3-13/h2-9,17,24H,10-12H2,1H3/p+1/t17-,19-/m0/s1. The number of halogens is 2. The van der Waals surface area contributed by atoms with Gasteiger partial charge in [-0.25, -0.2) is 0 Å². The van der Waals surface area contributed by atoms with Crippen LogP contribution < -0.4 is 4.90 Å². The Morgan fingerprint density at radius 2 is 1.62 bits per heavy atom. The average molecular weight is 365 g/mol. The van der Waals surface area contributed by atoms with E-state index in [0.717, 1.165) is 12.1 Å². The van der Waals surface area contributed by atoms with Crippen LogP contribution in [-0.4, -0.2) is 31.0 Å². The molecule has 0 aromatic heterocycles. The maximum atomic E-state index is 13.1. The summed E-state index contributed by atoms with van der Waals surface area (Å²) in [4.78, 5) is 14.3. The Kier molecular flexibility index (Phi) is 4.97. The zero-order valence-electron chi connectivity index (χ0n) is 13.4. The van der Waals surface area contributed by atoms with E-state index in [0.29, 0.717) is 28.6 Å². The number of benzene rings is 2. The number of carbonyl (C=O) groups excluding carboxylic acids is 1. The van der Waals surface area contributed by atoms with E-state index in [2.05, 4.69) is 0 Å². The van der Waals surface area contributed by atoms with Gasteiger partial charge in [0.25, 0.3) is 0 Å². The highest BCUT2D eigenvalue weighted by Gasteiger charge is 2.48. The van der Waals surface area contributed by atoms with Crippen molar-refractivity contribution in [1.29, 1.82) is 0 Å². The molecule has 0 amide bonds. The summed E-state index contributed by atoms with van der Waals surface area (Å²) in [7, 11) is 2.05. The van der Waals surface area contributed by atoms with E-state index in [1.807, 2.05) is 19.2 Å². The largest absolute Gasteiger partial charge is 0.384 e. The van der Waals surface area contributed by atoms with Crippen LogP contribution in [0.4, 0.5) is 0 Å². The summed E-state index contributed by atoms with van der Waals surface area (Å²) in [5, 5.41) is 12.6. The van der Waals surface area contributed by atoms with Gasteiger partial charge in [0.1, 0.15) is 11.5 Å². The predicted molar refractivity (Wildman–Crippen MR) is 95.9 cm³/mol. The Bertz CT molecular complexity index is 730. The molecule has 2 aromatic rings. The molecule has 1 fully saturated rings. The van der Waals surface area contributed by atoms with E-state index < -0.39 is 11.5 Å². The Balaban J connectivity index is 1.98. The third-order valence-corrected chi connectivity index (χ3v) is 5.36. The number of piperidine rings is 1. The molecule has 3 rings (SSSR count). The number of quaternary nitrogens is 1. The lowest BCUT2D eigenvalue weighted by molar-refractivity contribution is -0.890. The molecule has 3 atom stereocenters. The van der Waals surface area contributed by atoms with Crippen molar-refractivity contribution in [2.24, 2.45) is 5.92 Å². The van der Waals surface area contributed by atoms with Crippen molar-refractivity contribution in [2.45, 2.75) is 12.0 Å². The van der Waals surface area contributed by atoms with Crippen LogP contribution in [-0.2, 0) is 5.60 Å². The molecule has 1 aliphatic heterocycles. The lowest BCUT2D eigenvalue weighted by Gasteiger charge is -2.41. The van der Waals surface area contributed by atoms with Gasteiger partial charge in [0, 0.05) is 22.0 Å². The minimum absolute atomic E-state index is 0.0526. The molecule has 5 heteroatoms. The maximum absolute atomic E-state index is 13.1. The molecule has 1 unspecified atom stereocenters. The van der Waals surface area contributed by atoms with Crippen LogP contribution in [0.15, 0.2) is 48.5 Å². The van der Waals surface area contributed by atoms with Crippen LogP contribution >= 0.6 is 23.2 Å². The summed E-state index contributed by atoms with van der Waals surface area (Å²) >= 11 is 11.9. The van der Waals surface area contributed by atoms with E-state index in [-0.39, 0.29) is 5.78 Å². The molecule has 1 aliphatic rings. The minimum atomic E-state index is -1.18. The molecule has 126 valence electrons. The molecular formula is C19H20Cl2NO2+. The number of hydrogen-bond donors (Lipinski definition) is 2. The highest BCUT2D eigenvalue weighted by Crippen LogP contribution is 2.36. The fourth-order valence-corrected chi connectivity index (χ4v) is 3.66. The van der Waals surface area contributed by atoms with Crippen LogP contribution in [0.25, 0.3) is 0 Å². The first-order valence-electron chi connectivity index (χ1n) is 7.99. The topological polar surface area (TPSA) is 41.7 Å². The van der Waals surface area contributed by atoms with Gasteiger partial charge in [-0.3, -0.25) is 4.79 Å². The molecule has 0 aliphatic carbocycles. The molecule has 3 nitrogen and oxygen atoms in total. The number of rotatable bonds is 3. The van der Waals surface area contributed by atoms with Crippen molar-refractivity contribution in [1.82, 2.24) is 0 Å². The monoisotopic (exact) mass is 364 g/mol. The molecule has 0 saturated carbocycles. The van der Waals surface area contributed by atoms with E-state index >= 15 is 0 Å². The molecule has 24 heavy (non-hydrogen) atoms. The van der Waals surface area contributed by atoms with Crippen LogP contribution in [0.5, 0.6) is 0 Å². The van der Waals surface area contributed by atoms with Crippen molar-refractivity contribution in [3.8, 4) is 0 Å². The molecule has 2 N–H and O–H groups in total. The van der Waals surface area contributed by atoms with Crippen molar-refractivity contribution >= 4 is 29.0 Å². The van der Waals surface area contributed by atoms with Crippen LogP contribution in [0.2, 0.25) is 10.0 Å². The van der Waals surface area contributed by atoms with Crippen molar-refractivity contribution in [2.75, 3.05) is 20.1 Å². The molecule has 0 spiro atoms. The fourth-order valence-electron chi connectivity index (χ4n) is 3.41. The first-order valence-corrected chi connectivity index (χ1v) is 8.75. The lowest BCUT2D eigenvalue weighted by atomic mass is 9.73. The Labute approximate surface area is 151 Å². The lowest BCUT2D eigenvalue weighted by Crippen LogP contribution is -3.12. The number of ketones is 1. The fraction of sp³-hybridized carbons (Fsp3) is 0.316. The Hall–Kier alpha value is -1.39. The van der Waals surface area contributed by atoms with Crippen molar-refractivity contribution < 1.29 is 14.8 Å². The number of aliphatic hydroxyl groups is 1. The molecule has 0 bridgehead atoms. The van der Waals surface area contributed by atoms with Gasteiger partial charge < -0.3 is 10.0 Å². The average Bonchev–Trinajstić information content (AvgIpc) is 2.58. The smallest absolute Gasteiger partial charge is 0.174 e. The predicted octanol–water partition coefficient (Wildman–Crippen LogP) is 2.60. The number of hydrogen-bond acceptors (Lipinski definition) is 2. The minimum Gasteiger partial charge on any atom is -0.384 e. The number of Topliss-reactive ketones (excluding diaryl/α,β-unsaturated/α-hetero) is 1. The van der Waals surface area contributed by atoms with Gasteiger partial charge in [-0.1, -0.05) is 35.3 Å². The highest BCUT2D eigenvalue weighted by molar-refractivity contribution is 6.30. The molecule has 1 saturated heterocycles. The number of carbonyl (C=O) groups is 1. The molecule has 2 aromatic carbocycles. The molecular weight excluding hydrogens is 345 g/mol. The zero-order valence-corrected chi connectivity index (χ0v) is 14.9. The summed E-state index contributed by atoms with van der Waals surface area (Å²) in [6.45, 7) is 1.39. The third-order valence-electron chi connectivity index (χ3n) is 4.85. The second-order valence-corrected chi connectivity index (χ2v) is 7.39. The number of likely N-dealkylation sites (tertiary alicyclic amines) is 1. The Morgan fingerprint density at radius 3 is 2.21 bits per heavy atom. The van der Waals surface area contributed by atoms with Crippen LogP contribution in [0.1, 0.15) is 22.3 Å². The van der Waals surface area contributed by atoms with Gasteiger partial charge in [-0.05, 0) is 42.0 Å². The normalized spacial score (nSPS) is 27.0. The van der Waals surface area contributed by atoms with Crippen LogP contribution in [0, 0.1) is 5.92 Å². The van der Waals surface area contributed by atoms with Crippen molar-refractivity contribution in [3.05, 3.63) is 69.7 Å². The first-order chi connectivity index (χ1) is 11.4. The van der Waals surface area contributed by atoms with Gasteiger partial charge in [-0.2, -0.15) is 0 Å². The SMILES string of the molecule is C[NH+]1CC[C@](O)(c2ccc(Cl)cc2)[C@H](C(=O)c2ccc(Cl)cc2)C1. The Morgan fingerprint density at radius 1 is 1.08 bits per heavy atom. The van der Waals surface area contributed by atoms with E-state index in [4.69, 9.17) is 23.2 Å². The summed E-state index contributed by atoms with van der Waals surface area (Å²) in [5.74, 6) is -0.559. The summed E-state index contributed by atoms with van der Waals surface area (Å²) < 4.78 is 0. The van der Waals surface area contributed by atoms with E-state index in [1.54, 1.807) is 36.4 Å².